The van der Waals surface area contributed by atoms with Crippen molar-refractivity contribution in [3.05, 3.63) is 63.7 Å². The van der Waals surface area contributed by atoms with Gasteiger partial charge in [-0.2, -0.15) is 0 Å². The van der Waals surface area contributed by atoms with Gasteiger partial charge in [-0.25, -0.2) is 0 Å². The van der Waals surface area contributed by atoms with E-state index in [-0.39, 0.29) is 0 Å². The van der Waals surface area contributed by atoms with E-state index in [4.69, 9.17) is 4.74 Å². The van der Waals surface area contributed by atoms with E-state index in [9.17, 15) is 5.11 Å². The van der Waals surface area contributed by atoms with Gasteiger partial charge in [0, 0.05) is 0 Å². The van der Waals surface area contributed by atoms with Crippen LogP contribution in [0.1, 0.15) is 52.8 Å². The molecule has 0 aliphatic rings. The first kappa shape index (κ1) is 16.6. The summed E-state index contributed by atoms with van der Waals surface area (Å²) in [5, 5.41) is 9.82. The topological polar surface area (TPSA) is 29.5 Å². The summed E-state index contributed by atoms with van der Waals surface area (Å²) in [5.41, 5.74) is 7.44. The molecule has 0 saturated carbocycles. The molecule has 1 N–H and O–H groups in total. The van der Waals surface area contributed by atoms with Gasteiger partial charge in [-0.15, -0.1) is 0 Å². The first-order valence-corrected chi connectivity index (χ1v) is 7.91. The zero-order chi connectivity index (χ0) is 16.3. The summed E-state index contributed by atoms with van der Waals surface area (Å²) in [6.07, 6.45) is 0.333. The van der Waals surface area contributed by atoms with E-state index >= 15 is 0 Å². The third kappa shape index (κ3) is 3.50. The van der Waals surface area contributed by atoms with Gasteiger partial charge in [0.25, 0.3) is 0 Å². The van der Waals surface area contributed by atoms with Gasteiger partial charge in [-0.3, -0.25) is 0 Å². The first-order chi connectivity index (χ1) is 10.4. The average Bonchev–Trinajstić information content (AvgIpc) is 2.53. The Morgan fingerprint density at radius 1 is 0.955 bits per heavy atom. The second kappa shape index (κ2) is 6.97. The molecule has 0 bridgehead atoms. The van der Waals surface area contributed by atoms with Crippen molar-refractivity contribution in [1.82, 2.24) is 0 Å². The summed E-state index contributed by atoms with van der Waals surface area (Å²) >= 11 is 0. The molecule has 2 aromatic carbocycles. The second-order valence-electron chi connectivity index (χ2n) is 6.02. The molecule has 0 amide bonds. The number of aryl methyl sites for hydroxylation is 2. The van der Waals surface area contributed by atoms with Crippen molar-refractivity contribution in [1.29, 1.82) is 0 Å². The molecule has 0 unspecified atom stereocenters. The molecule has 2 heteroatoms. The zero-order valence-corrected chi connectivity index (χ0v) is 14.2. The number of ether oxygens (including phenoxy) is 1. The van der Waals surface area contributed by atoms with Gasteiger partial charge in [0.05, 0.1) is 6.10 Å². The van der Waals surface area contributed by atoms with Crippen LogP contribution in [0.3, 0.4) is 0 Å². The Morgan fingerprint density at radius 2 is 1.50 bits per heavy atom. The molecule has 0 fully saturated rings. The first-order valence-electron chi connectivity index (χ1n) is 7.91. The Hall–Kier alpha value is -1.80. The number of hydrogen-bond donors (Lipinski definition) is 1. The molecule has 2 aromatic rings. The van der Waals surface area contributed by atoms with E-state index in [2.05, 4.69) is 33.8 Å². The Balaban J connectivity index is 2.14. The lowest BCUT2D eigenvalue weighted by Gasteiger charge is -2.16. The Morgan fingerprint density at radius 3 is 2.00 bits per heavy atom. The van der Waals surface area contributed by atoms with Crippen LogP contribution < -0.4 is 4.74 Å². The van der Waals surface area contributed by atoms with Gasteiger partial charge >= 0.3 is 0 Å². The van der Waals surface area contributed by atoms with E-state index in [0.29, 0.717) is 6.61 Å². The van der Waals surface area contributed by atoms with Gasteiger partial charge in [0.15, 0.2) is 0 Å². The van der Waals surface area contributed by atoms with Crippen molar-refractivity contribution < 1.29 is 9.84 Å². The molecule has 22 heavy (non-hydrogen) atoms. The summed E-state index contributed by atoms with van der Waals surface area (Å²) in [5.74, 6) is 0.838. The fraction of sp³-hybridized carbons (Fsp3) is 0.400. The summed E-state index contributed by atoms with van der Waals surface area (Å²) < 4.78 is 5.95. The van der Waals surface area contributed by atoms with Crippen molar-refractivity contribution in [3.8, 4) is 5.75 Å². The van der Waals surface area contributed by atoms with E-state index in [1.807, 2.05) is 31.2 Å². The van der Waals surface area contributed by atoms with Gasteiger partial charge in [0.2, 0.25) is 0 Å². The van der Waals surface area contributed by atoms with Crippen LogP contribution in [0.4, 0.5) is 0 Å². The molecule has 0 aromatic heterocycles. The SMILES string of the molecule is CC[C@H](O)c1ccc(OCc2c(C)c(C)cc(C)c2C)cc1. The smallest absolute Gasteiger partial charge is 0.119 e. The lowest BCUT2D eigenvalue weighted by atomic mass is 9.95. The number of aliphatic hydroxyl groups excluding tert-OH is 1. The van der Waals surface area contributed by atoms with Crippen molar-refractivity contribution in [2.45, 2.75) is 53.8 Å². The lowest BCUT2D eigenvalue weighted by Crippen LogP contribution is -2.04. The van der Waals surface area contributed by atoms with Crippen LogP contribution in [0, 0.1) is 27.7 Å². The number of benzene rings is 2. The third-order valence-electron chi connectivity index (χ3n) is 4.56. The highest BCUT2D eigenvalue weighted by molar-refractivity contribution is 5.44. The van der Waals surface area contributed by atoms with Crippen LogP contribution in [0.5, 0.6) is 5.75 Å². The normalized spacial score (nSPS) is 12.3. The lowest BCUT2D eigenvalue weighted by molar-refractivity contribution is 0.173. The summed E-state index contributed by atoms with van der Waals surface area (Å²) in [6.45, 7) is 11.2. The minimum Gasteiger partial charge on any atom is -0.489 e. The molecule has 1 atom stereocenters. The van der Waals surface area contributed by atoms with Gasteiger partial charge in [0.1, 0.15) is 12.4 Å². The number of hydrogen-bond acceptors (Lipinski definition) is 2. The number of rotatable bonds is 5. The summed E-state index contributed by atoms with van der Waals surface area (Å²) in [4.78, 5) is 0. The molecular formula is C20H26O2. The van der Waals surface area contributed by atoms with Gasteiger partial charge < -0.3 is 9.84 Å². The molecule has 0 spiro atoms. The molecule has 0 aliphatic carbocycles. The van der Waals surface area contributed by atoms with Crippen LogP contribution in [0.2, 0.25) is 0 Å². The van der Waals surface area contributed by atoms with Crippen molar-refractivity contribution in [3.63, 3.8) is 0 Å². The molecule has 0 radical (unpaired) electrons. The van der Waals surface area contributed by atoms with Crippen molar-refractivity contribution in [2.75, 3.05) is 0 Å². The maximum atomic E-state index is 9.82. The summed E-state index contributed by atoms with van der Waals surface area (Å²) in [6, 6.07) is 9.97. The molecule has 2 nitrogen and oxygen atoms in total. The number of aliphatic hydroxyl groups is 1. The van der Waals surface area contributed by atoms with Crippen molar-refractivity contribution in [2.24, 2.45) is 0 Å². The predicted octanol–water partition coefficient (Wildman–Crippen LogP) is 4.94. The fourth-order valence-corrected chi connectivity index (χ4v) is 2.69. The quantitative estimate of drug-likeness (QED) is 0.847. The maximum Gasteiger partial charge on any atom is 0.119 e. The monoisotopic (exact) mass is 298 g/mol. The molecule has 118 valence electrons. The Labute approximate surface area is 133 Å². The van der Waals surface area contributed by atoms with Crippen LogP contribution in [0.15, 0.2) is 30.3 Å². The second-order valence-corrected chi connectivity index (χ2v) is 6.02. The van der Waals surface area contributed by atoms with Crippen molar-refractivity contribution >= 4 is 0 Å². The van der Waals surface area contributed by atoms with Crippen LogP contribution in [-0.2, 0) is 6.61 Å². The zero-order valence-electron chi connectivity index (χ0n) is 14.2. The van der Waals surface area contributed by atoms with Crippen LogP contribution in [0.25, 0.3) is 0 Å². The highest BCUT2D eigenvalue weighted by Gasteiger charge is 2.09. The minimum atomic E-state index is -0.391. The van der Waals surface area contributed by atoms with E-state index in [0.717, 1.165) is 17.7 Å². The molecule has 2 rings (SSSR count). The molecule has 0 saturated heterocycles. The largest absolute Gasteiger partial charge is 0.489 e. The molecular weight excluding hydrogens is 272 g/mol. The van der Waals surface area contributed by atoms with Crippen LogP contribution in [-0.4, -0.2) is 5.11 Å². The third-order valence-corrected chi connectivity index (χ3v) is 4.56. The highest BCUT2D eigenvalue weighted by Crippen LogP contribution is 2.24. The highest BCUT2D eigenvalue weighted by atomic mass is 16.5. The minimum absolute atomic E-state index is 0.391. The maximum absolute atomic E-state index is 9.82. The Bertz CT molecular complexity index is 615. The van der Waals surface area contributed by atoms with Gasteiger partial charge in [-0.05, 0) is 79.6 Å². The molecule has 0 aliphatic heterocycles. The molecule has 0 heterocycles. The predicted molar refractivity (Wildman–Crippen MR) is 91.4 cm³/mol. The van der Waals surface area contributed by atoms with Gasteiger partial charge in [-0.1, -0.05) is 25.1 Å². The standard InChI is InChI=1S/C20H26O2/c1-6-20(21)17-7-9-18(10-8-17)22-12-19-15(4)13(2)11-14(3)16(19)5/h7-11,20-21H,6,12H2,1-5H3/t20-/m0/s1. The Kier molecular flexibility index (Phi) is 5.25. The fourth-order valence-electron chi connectivity index (χ4n) is 2.69. The van der Waals surface area contributed by atoms with E-state index in [1.165, 1.54) is 27.8 Å². The average molecular weight is 298 g/mol. The van der Waals surface area contributed by atoms with E-state index < -0.39 is 6.10 Å². The van der Waals surface area contributed by atoms with Crippen LogP contribution >= 0.6 is 0 Å². The summed E-state index contributed by atoms with van der Waals surface area (Å²) in [7, 11) is 0. The van der Waals surface area contributed by atoms with E-state index in [1.54, 1.807) is 0 Å².